The van der Waals surface area contributed by atoms with E-state index in [1.54, 1.807) is 27.7 Å². The second-order valence-electron chi connectivity index (χ2n) is 5.11. The highest BCUT2D eigenvalue weighted by Crippen LogP contribution is 2.06. The Morgan fingerprint density at radius 2 is 2.09 bits per heavy atom. The number of carbonyl (C=O) groups excluding carboxylic acids is 1. The van der Waals surface area contributed by atoms with E-state index in [1.807, 2.05) is 31.3 Å². The van der Waals surface area contributed by atoms with E-state index in [1.165, 1.54) is 0 Å². The first kappa shape index (κ1) is 14.9. The van der Waals surface area contributed by atoms with Gasteiger partial charge < -0.3 is 5.32 Å². The van der Waals surface area contributed by atoms with Gasteiger partial charge in [0.05, 0.1) is 13.1 Å². The van der Waals surface area contributed by atoms with Gasteiger partial charge in [0.15, 0.2) is 0 Å². The summed E-state index contributed by atoms with van der Waals surface area (Å²) in [4.78, 5) is 12.1. The van der Waals surface area contributed by atoms with Crippen molar-refractivity contribution in [2.24, 2.45) is 0 Å². The van der Waals surface area contributed by atoms with Crippen LogP contribution in [0.4, 0.5) is 0 Å². The third-order valence-corrected chi connectivity index (χ3v) is 3.45. The zero-order chi connectivity index (χ0) is 16.1. The Balaban J connectivity index is 1.54. The van der Waals surface area contributed by atoms with Crippen molar-refractivity contribution in [2.45, 2.75) is 20.0 Å². The topological polar surface area (TPSA) is 90.5 Å². The van der Waals surface area contributed by atoms with Crippen molar-refractivity contribution in [3.05, 3.63) is 59.7 Å². The standard InChI is InChI=1S/C15H17N7O/c1-12-18-19-20-22(12)11-13-3-5-14(6-4-13)15(23)16-8-10-21-9-2-7-17-21/h2-7,9H,8,10-11H2,1H3,(H,16,23). The van der Waals surface area contributed by atoms with Crippen molar-refractivity contribution in [1.82, 2.24) is 35.3 Å². The minimum Gasteiger partial charge on any atom is -0.350 e. The predicted octanol–water partition coefficient (Wildman–Crippen LogP) is 0.656. The third-order valence-electron chi connectivity index (χ3n) is 3.45. The molecule has 0 atom stereocenters. The maximum absolute atomic E-state index is 12.1. The van der Waals surface area contributed by atoms with Gasteiger partial charge in [-0.1, -0.05) is 12.1 Å². The first-order valence-electron chi connectivity index (χ1n) is 7.30. The molecule has 8 nitrogen and oxygen atoms in total. The summed E-state index contributed by atoms with van der Waals surface area (Å²) in [5, 5.41) is 18.3. The van der Waals surface area contributed by atoms with Crippen LogP contribution >= 0.6 is 0 Å². The second-order valence-corrected chi connectivity index (χ2v) is 5.11. The first-order valence-corrected chi connectivity index (χ1v) is 7.30. The molecule has 3 rings (SSSR count). The van der Waals surface area contributed by atoms with Crippen molar-refractivity contribution >= 4 is 5.91 Å². The zero-order valence-corrected chi connectivity index (χ0v) is 12.8. The van der Waals surface area contributed by atoms with Gasteiger partial charge in [-0.3, -0.25) is 9.48 Å². The quantitative estimate of drug-likeness (QED) is 0.722. The highest BCUT2D eigenvalue weighted by molar-refractivity contribution is 5.94. The monoisotopic (exact) mass is 311 g/mol. The number of tetrazole rings is 1. The van der Waals surface area contributed by atoms with E-state index in [0.29, 0.717) is 25.2 Å². The normalized spacial score (nSPS) is 10.7. The predicted molar refractivity (Wildman–Crippen MR) is 82.7 cm³/mol. The molecule has 0 bridgehead atoms. The summed E-state index contributed by atoms with van der Waals surface area (Å²) in [5.74, 6) is 0.660. The van der Waals surface area contributed by atoms with Crippen LogP contribution < -0.4 is 5.32 Å². The van der Waals surface area contributed by atoms with Crippen molar-refractivity contribution < 1.29 is 4.79 Å². The molecule has 2 heterocycles. The Morgan fingerprint density at radius 1 is 1.26 bits per heavy atom. The smallest absolute Gasteiger partial charge is 0.251 e. The van der Waals surface area contributed by atoms with E-state index in [-0.39, 0.29) is 5.91 Å². The third kappa shape index (κ3) is 3.79. The summed E-state index contributed by atoms with van der Waals surface area (Å²) < 4.78 is 3.48. The Morgan fingerprint density at radius 3 is 2.74 bits per heavy atom. The number of hydrogen-bond donors (Lipinski definition) is 1. The van der Waals surface area contributed by atoms with Crippen LogP contribution in [0.3, 0.4) is 0 Å². The molecule has 0 saturated heterocycles. The number of amides is 1. The molecule has 118 valence electrons. The Labute approximate surface area is 133 Å². The molecule has 0 aliphatic carbocycles. The van der Waals surface area contributed by atoms with Gasteiger partial charge in [-0.05, 0) is 41.1 Å². The van der Waals surface area contributed by atoms with Crippen LogP contribution in [0.15, 0.2) is 42.7 Å². The Bertz CT molecular complexity index is 761. The zero-order valence-electron chi connectivity index (χ0n) is 12.8. The van der Waals surface area contributed by atoms with E-state index in [4.69, 9.17) is 0 Å². The molecule has 8 heteroatoms. The molecule has 1 amide bonds. The fourth-order valence-corrected chi connectivity index (χ4v) is 2.15. The maximum Gasteiger partial charge on any atom is 0.251 e. The number of hydrogen-bond acceptors (Lipinski definition) is 5. The van der Waals surface area contributed by atoms with Crippen LogP contribution in [-0.2, 0) is 13.1 Å². The minimum absolute atomic E-state index is 0.0951. The number of aromatic nitrogens is 6. The first-order chi connectivity index (χ1) is 11.2. The van der Waals surface area contributed by atoms with E-state index >= 15 is 0 Å². The highest BCUT2D eigenvalue weighted by atomic mass is 16.1. The molecule has 23 heavy (non-hydrogen) atoms. The molecule has 0 radical (unpaired) electrons. The van der Waals surface area contributed by atoms with Crippen molar-refractivity contribution in [3.8, 4) is 0 Å². The van der Waals surface area contributed by atoms with E-state index in [0.717, 1.165) is 11.4 Å². The summed E-state index contributed by atoms with van der Waals surface area (Å²) in [6, 6.07) is 9.27. The summed E-state index contributed by atoms with van der Waals surface area (Å²) in [6.45, 7) is 3.61. The SMILES string of the molecule is Cc1nnnn1Cc1ccc(C(=O)NCCn2cccn2)cc1. The van der Waals surface area contributed by atoms with E-state index in [9.17, 15) is 4.79 Å². The number of nitrogens with one attached hydrogen (secondary N) is 1. The molecule has 2 aromatic heterocycles. The lowest BCUT2D eigenvalue weighted by atomic mass is 10.1. The average Bonchev–Trinajstić information content (AvgIpc) is 3.21. The van der Waals surface area contributed by atoms with Crippen LogP contribution in [0.1, 0.15) is 21.7 Å². The summed E-state index contributed by atoms with van der Waals surface area (Å²) in [6.07, 6.45) is 3.58. The summed E-state index contributed by atoms with van der Waals surface area (Å²) in [7, 11) is 0. The largest absolute Gasteiger partial charge is 0.350 e. The molecule has 0 spiro atoms. The Kier molecular flexibility index (Phi) is 4.41. The van der Waals surface area contributed by atoms with E-state index in [2.05, 4.69) is 25.9 Å². The molecule has 0 unspecified atom stereocenters. The number of benzene rings is 1. The molecular weight excluding hydrogens is 294 g/mol. The average molecular weight is 311 g/mol. The molecular formula is C15H17N7O. The molecule has 1 aromatic carbocycles. The van der Waals surface area contributed by atoms with Crippen molar-refractivity contribution in [1.29, 1.82) is 0 Å². The maximum atomic E-state index is 12.1. The van der Waals surface area contributed by atoms with Gasteiger partial charge in [-0.2, -0.15) is 5.10 Å². The molecule has 0 aliphatic rings. The van der Waals surface area contributed by atoms with Gasteiger partial charge in [0, 0.05) is 24.5 Å². The lowest BCUT2D eigenvalue weighted by Gasteiger charge is -2.07. The summed E-state index contributed by atoms with van der Waals surface area (Å²) >= 11 is 0. The fourth-order valence-electron chi connectivity index (χ4n) is 2.15. The van der Waals surface area contributed by atoms with Crippen molar-refractivity contribution in [2.75, 3.05) is 6.54 Å². The summed E-state index contributed by atoms with van der Waals surface area (Å²) in [5.41, 5.74) is 1.66. The van der Waals surface area contributed by atoms with Gasteiger partial charge in [0.1, 0.15) is 5.82 Å². The highest BCUT2D eigenvalue weighted by Gasteiger charge is 2.06. The lowest BCUT2D eigenvalue weighted by Crippen LogP contribution is -2.27. The van der Waals surface area contributed by atoms with Crippen LogP contribution in [0.25, 0.3) is 0 Å². The molecule has 1 N–H and O–H groups in total. The number of aryl methyl sites for hydroxylation is 1. The molecule has 0 fully saturated rings. The fraction of sp³-hybridized carbons (Fsp3) is 0.267. The van der Waals surface area contributed by atoms with Gasteiger partial charge in [0.25, 0.3) is 5.91 Å². The second kappa shape index (κ2) is 6.82. The van der Waals surface area contributed by atoms with Crippen LogP contribution in [0, 0.1) is 6.92 Å². The lowest BCUT2D eigenvalue weighted by molar-refractivity contribution is 0.0952. The number of rotatable bonds is 6. The molecule has 0 aliphatic heterocycles. The van der Waals surface area contributed by atoms with Crippen molar-refractivity contribution in [3.63, 3.8) is 0 Å². The van der Waals surface area contributed by atoms with Gasteiger partial charge >= 0.3 is 0 Å². The van der Waals surface area contributed by atoms with Gasteiger partial charge in [-0.25, -0.2) is 4.68 Å². The van der Waals surface area contributed by atoms with E-state index < -0.39 is 0 Å². The number of carbonyl (C=O) groups is 1. The van der Waals surface area contributed by atoms with Gasteiger partial charge in [-0.15, -0.1) is 5.10 Å². The van der Waals surface area contributed by atoms with Gasteiger partial charge in [0.2, 0.25) is 0 Å². The molecule has 3 aromatic rings. The molecule has 0 saturated carbocycles. The number of nitrogens with zero attached hydrogens (tertiary/aromatic N) is 6. The van der Waals surface area contributed by atoms with Crippen LogP contribution in [0.5, 0.6) is 0 Å². The Hall–Kier alpha value is -3.03. The van der Waals surface area contributed by atoms with Crippen LogP contribution in [-0.4, -0.2) is 42.4 Å². The minimum atomic E-state index is -0.0951. The van der Waals surface area contributed by atoms with Crippen LogP contribution in [0.2, 0.25) is 0 Å².